The number of hydrogen-bond acceptors (Lipinski definition) is 3. The van der Waals surface area contributed by atoms with Crippen molar-refractivity contribution in [1.82, 2.24) is 9.78 Å². The Kier molecular flexibility index (Phi) is 5.58. The Morgan fingerprint density at radius 2 is 2.10 bits per heavy atom. The molecule has 2 rings (SSSR count). The second-order valence-electron chi connectivity index (χ2n) is 4.47. The van der Waals surface area contributed by atoms with E-state index in [2.05, 4.69) is 50.8 Å². The van der Waals surface area contributed by atoms with E-state index in [1.165, 1.54) is 0 Å². The molecule has 0 aliphatic carbocycles. The number of benzene rings is 1. The third-order valence-corrected chi connectivity index (χ3v) is 4.69. The first-order valence-corrected chi connectivity index (χ1v) is 8.30. The Balaban J connectivity index is 2.20. The second-order valence-corrected chi connectivity index (χ2v) is 6.12. The Morgan fingerprint density at radius 3 is 2.67 bits per heavy atom. The molecule has 0 N–H and O–H groups in total. The van der Waals surface area contributed by atoms with E-state index in [1.807, 2.05) is 4.68 Å². The summed E-state index contributed by atoms with van der Waals surface area (Å²) in [5, 5.41) is 4.54. The van der Waals surface area contributed by atoms with Crippen molar-refractivity contribution in [2.45, 2.75) is 33.4 Å². The molecule has 0 amide bonds. The van der Waals surface area contributed by atoms with E-state index < -0.39 is 0 Å². The van der Waals surface area contributed by atoms with Crippen molar-refractivity contribution < 1.29 is 9.53 Å². The number of carbonyl (C=O) groups is 1. The molecule has 112 valence electrons. The number of aryl methyl sites for hydroxylation is 2. The van der Waals surface area contributed by atoms with E-state index in [0.29, 0.717) is 17.9 Å². The zero-order valence-electron chi connectivity index (χ0n) is 11.9. The Morgan fingerprint density at radius 1 is 1.33 bits per heavy atom. The fourth-order valence-electron chi connectivity index (χ4n) is 2.01. The predicted octanol–water partition coefficient (Wildman–Crippen LogP) is 4.38. The molecule has 4 nitrogen and oxygen atoms in total. The SMILES string of the molecule is CCc1nn(CC)c(COc2ccc(C=O)cc2Br)c1Br. The van der Waals surface area contributed by atoms with Crippen molar-refractivity contribution in [1.29, 1.82) is 0 Å². The quantitative estimate of drug-likeness (QED) is 0.657. The van der Waals surface area contributed by atoms with Crippen LogP contribution in [0.25, 0.3) is 0 Å². The van der Waals surface area contributed by atoms with Crippen LogP contribution in [-0.2, 0) is 19.6 Å². The van der Waals surface area contributed by atoms with Crippen molar-refractivity contribution in [2.75, 3.05) is 0 Å². The maximum absolute atomic E-state index is 10.7. The van der Waals surface area contributed by atoms with Crippen LogP contribution in [0.2, 0.25) is 0 Å². The highest BCUT2D eigenvalue weighted by Gasteiger charge is 2.15. The summed E-state index contributed by atoms with van der Waals surface area (Å²) in [6, 6.07) is 5.26. The molecule has 0 bridgehead atoms. The van der Waals surface area contributed by atoms with Crippen LogP contribution in [0.15, 0.2) is 27.1 Å². The number of carbonyl (C=O) groups excluding carboxylic acids is 1. The fourth-order valence-corrected chi connectivity index (χ4v) is 3.20. The average molecular weight is 416 g/mol. The van der Waals surface area contributed by atoms with Gasteiger partial charge < -0.3 is 4.74 Å². The van der Waals surface area contributed by atoms with E-state index in [9.17, 15) is 4.79 Å². The lowest BCUT2D eigenvalue weighted by Crippen LogP contribution is -2.07. The molecule has 0 spiro atoms. The Labute approximate surface area is 140 Å². The minimum atomic E-state index is 0.417. The topological polar surface area (TPSA) is 44.1 Å². The highest BCUT2D eigenvalue weighted by atomic mass is 79.9. The van der Waals surface area contributed by atoms with E-state index in [0.717, 1.165) is 39.6 Å². The molecule has 0 fully saturated rings. The van der Waals surface area contributed by atoms with Gasteiger partial charge in [0.05, 0.1) is 20.3 Å². The molecule has 0 atom stereocenters. The molecule has 0 unspecified atom stereocenters. The molecule has 1 heterocycles. The number of aromatic nitrogens is 2. The maximum atomic E-state index is 10.7. The van der Waals surface area contributed by atoms with Gasteiger partial charge in [0, 0.05) is 12.1 Å². The zero-order chi connectivity index (χ0) is 15.4. The minimum absolute atomic E-state index is 0.417. The monoisotopic (exact) mass is 414 g/mol. The smallest absolute Gasteiger partial charge is 0.150 e. The van der Waals surface area contributed by atoms with Gasteiger partial charge in [-0.15, -0.1) is 0 Å². The van der Waals surface area contributed by atoms with Crippen LogP contribution in [-0.4, -0.2) is 16.1 Å². The lowest BCUT2D eigenvalue weighted by atomic mass is 10.2. The molecule has 0 saturated heterocycles. The van der Waals surface area contributed by atoms with Gasteiger partial charge in [0.1, 0.15) is 18.6 Å². The minimum Gasteiger partial charge on any atom is -0.486 e. The van der Waals surface area contributed by atoms with Gasteiger partial charge in [-0.3, -0.25) is 9.48 Å². The third kappa shape index (κ3) is 3.55. The van der Waals surface area contributed by atoms with E-state index in [-0.39, 0.29) is 0 Å². The first kappa shape index (κ1) is 16.2. The van der Waals surface area contributed by atoms with Crippen LogP contribution in [0.5, 0.6) is 5.75 Å². The van der Waals surface area contributed by atoms with Gasteiger partial charge in [0.2, 0.25) is 0 Å². The van der Waals surface area contributed by atoms with Crippen molar-refractivity contribution in [2.24, 2.45) is 0 Å². The van der Waals surface area contributed by atoms with Gasteiger partial charge in [-0.25, -0.2) is 0 Å². The largest absolute Gasteiger partial charge is 0.486 e. The van der Waals surface area contributed by atoms with Gasteiger partial charge in [0.25, 0.3) is 0 Å². The van der Waals surface area contributed by atoms with Crippen molar-refractivity contribution in [3.63, 3.8) is 0 Å². The van der Waals surface area contributed by atoms with Gasteiger partial charge in [-0.05, 0) is 63.4 Å². The van der Waals surface area contributed by atoms with Crippen molar-refractivity contribution in [3.05, 3.63) is 44.1 Å². The van der Waals surface area contributed by atoms with Crippen LogP contribution in [0.1, 0.15) is 35.6 Å². The number of ether oxygens (including phenoxy) is 1. The van der Waals surface area contributed by atoms with Crippen LogP contribution in [0, 0.1) is 0 Å². The van der Waals surface area contributed by atoms with Crippen LogP contribution < -0.4 is 4.74 Å². The van der Waals surface area contributed by atoms with E-state index in [1.54, 1.807) is 18.2 Å². The van der Waals surface area contributed by atoms with Crippen molar-refractivity contribution >= 4 is 38.1 Å². The normalized spacial score (nSPS) is 10.7. The third-order valence-electron chi connectivity index (χ3n) is 3.15. The standard InChI is InChI=1S/C15H16Br2N2O2/c1-3-12-15(17)13(19(4-2)18-12)9-21-14-6-5-10(8-20)7-11(14)16/h5-8H,3-4,9H2,1-2H3. The summed E-state index contributed by atoms with van der Waals surface area (Å²) < 4.78 is 9.56. The van der Waals surface area contributed by atoms with Gasteiger partial charge >= 0.3 is 0 Å². The molecule has 0 aliphatic heterocycles. The Bertz CT molecular complexity index is 653. The van der Waals surface area contributed by atoms with Crippen LogP contribution in [0.3, 0.4) is 0 Å². The molecule has 0 aliphatic rings. The Hall–Kier alpha value is -1.14. The molecule has 21 heavy (non-hydrogen) atoms. The van der Waals surface area contributed by atoms with Crippen molar-refractivity contribution in [3.8, 4) is 5.75 Å². The number of nitrogens with zero attached hydrogens (tertiary/aromatic N) is 2. The molecule has 2 aromatic rings. The van der Waals surface area contributed by atoms with E-state index in [4.69, 9.17) is 4.74 Å². The summed E-state index contributed by atoms with van der Waals surface area (Å²) in [6.45, 7) is 5.34. The predicted molar refractivity (Wildman–Crippen MR) is 88.8 cm³/mol. The van der Waals surface area contributed by atoms with Crippen LogP contribution >= 0.6 is 31.9 Å². The lowest BCUT2D eigenvalue weighted by Gasteiger charge is -2.10. The van der Waals surface area contributed by atoms with Gasteiger partial charge in [0.15, 0.2) is 0 Å². The second kappa shape index (κ2) is 7.22. The maximum Gasteiger partial charge on any atom is 0.150 e. The molecule has 1 aromatic carbocycles. The first-order valence-electron chi connectivity index (χ1n) is 6.72. The highest BCUT2D eigenvalue weighted by molar-refractivity contribution is 9.10. The van der Waals surface area contributed by atoms with Crippen LogP contribution in [0.4, 0.5) is 0 Å². The summed E-state index contributed by atoms with van der Waals surface area (Å²) in [7, 11) is 0. The molecular formula is C15H16Br2N2O2. The van der Waals surface area contributed by atoms with Gasteiger partial charge in [-0.2, -0.15) is 5.10 Å². The summed E-state index contributed by atoms with van der Waals surface area (Å²) >= 11 is 7.01. The summed E-state index contributed by atoms with van der Waals surface area (Å²) in [4.78, 5) is 10.7. The average Bonchev–Trinajstić information content (AvgIpc) is 2.81. The molecule has 0 saturated carbocycles. The number of aldehydes is 1. The highest BCUT2D eigenvalue weighted by Crippen LogP contribution is 2.28. The molecule has 0 radical (unpaired) electrons. The zero-order valence-corrected chi connectivity index (χ0v) is 15.1. The number of halogens is 2. The lowest BCUT2D eigenvalue weighted by molar-refractivity contribution is 0.112. The number of rotatable bonds is 6. The van der Waals surface area contributed by atoms with Gasteiger partial charge in [-0.1, -0.05) is 6.92 Å². The molecular weight excluding hydrogens is 400 g/mol. The molecule has 1 aromatic heterocycles. The summed E-state index contributed by atoms with van der Waals surface area (Å²) in [6.07, 6.45) is 1.68. The summed E-state index contributed by atoms with van der Waals surface area (Å²) in [5.41, 5.74) is 2.66. The summed E-state index contributed by atoms with van der Waals surface area (Å²) in [5.74, 6) is 0.703. The number of hydrogen-bond donors (Lipinski definition) is 0. The molecule has 6 heteroatoms. The fraction of sp³-hybridized carbons (Fsp3) is 0.333. The van der Waals surface area contributed by atoms with E-state index >= 15 is 0 Å². The first-order chi connectivity index (χ1) is 10.1.